The van der Waals surface area contributed by atoms with Gasteiger partial charge in [0.1, 0.15) is 0 Å². The molecule has 1 unspecified atom stereocenters. The molecule has 1 atom stereocenters. The largest absolute Gasteiger partial charge is 0.377 e. The lowest BCUT2D eigenvalue weighted by molar-refractivity contribution is 0.0694. The van der Waals surface area contributed by atoms with Crippen LogP contribution in [-0.4, -0.2) is 68.2 Å². The first-order valence-corrected chi connectivity index (χ1v) is 14.2. The van der Waals surface area contributed by atoms with E-state index >= 15 is 0 Å². The van der Waals surface area contributed by atoms with Gasteiger partial charge >= 0.3 is 0 Å². The molecule has 1 aliphatic carbocycles. The first kappa shape index (κ1) is 22.9. The molecule has 2 aliphatic heterocycles. The Morgan fingerprint density at radius 1 is 1.00 bits per heavy atom. The van der Waals surface area contributed by atoms with Gasteiger partial charge in [-0.1, -0.05) is 18.2 Å². The highest BCUT2D eigenvalue weighted by molar-refractivity contribution is 7.99. The highest BCUT2D eigenvalue weighted by atomic mass is 32.2. The minimum absolute atomic E-state index is 0.0278. The summed E-state index contributed by atoms with van der Waals surface area (Å²) < 4.78 is 33.6. The number of hydrogen-bond donors (Lipinski definition) is 0. The van der Waals surface area contributed by atoms with Gasteiger partial charge in [-0.25, -0.2) is 8.42 Å². The summed E-state index contributed by atoms with van der Waals surface area (Å²) >= 11 is 1.67. The normalized spacial score (nSPS) is 21.3. The second kappa shape index (κ2) is 9.78. The number of ether oxygens (including phenoxy) is 1. The SMILES string of the molecule is O=C(c1ccccc1SCC1CCCO1)N1CCN(S(=O)(=O)c2ccc3c(c2)CCC3)CC1. The molecule has 0 radical (unpaired) electrons. The van der Waals surface area contributed by atoms with Crippen LogP contribution in [0.1, 0.15) is 40.7 Å². The third kappa shape index (κ3) is 4.85. The fourth-order valence-corrected chi connectivity index (χ4v) is 7.47. The number of benzene rings is 2. The number of aryl methyl sites for hydroxylation is 2. The van der Waals surface area contributed by atoms with Crippen molar-refractivity contribution in [2.24, 2.45) is 0 Å². The lowest BCUT2D eigenvalue weighted by Crippen LogP contribution is -2.50. The van der Waals surface area contributed by atoms with E-state index in [9.17, 15) is 13.2 Å². The van der Waals surface area contributed by atoms with Crippen molar-refractivity contribution < 1.29 is 17.9 Å². The Hall–Kier alpha value is -1.87. The number of rotatable bonds is 6. The van der Waals surface area contributed by atoms with Crippen LogP contribution in [0.25, 0.3) is 0 Å². The van der Waals surface area contributed by atoms with E-state index in [0.717, 1.165) is 54.9 Å². The van der Waals surface area contributed by atoms with E-state index in [0.29, 0.717) is 36.6 Å². The average molecular weight is 487 g/mol. The zero-order chi connectivity index (χ0) is 22.8. The Labute approximate surface area is 200 Å². The standard InChI is InChI=1S/C25H30N2O4S2/c28-25(23-8-1-2-9-24(23)32-18-21-7-4-16-31-21)26-12-14-27(15-13-26)33(29,30)22-11-10-19-5-3-6-20(19)17-22/h1-2,8-11,17,21H,3-7,12-16,18H2. The summed E-state index contributed by atoms with van der Waals surface area (Å²) in [7, 11) is -3.55. The number of nitrogens with zero attached hydrogens (tertiary/aromatic N) is 2. The predicted octanol–water partition coefficient (Wildman–Crippen LogP) is 3.59. The molecule has 0 N–H and O–H groups in total. The van der Waals surface area contributed by atoms with E-state index in [1.165, 1.54) is 9.87 Å². The molecule has 0 spiro atoms. The van der Waals surface area contributed by atoms with E-state index in [-0.39, 0.29) is 12.0 Å². The van der Waals surface area contributed by atoms with Gasteiger partial charge in [-0.3, -0.25) is 4.79 Å². The van der Waals surface area contributed by atoms with Gasteiger partial charge in [0.2, 0.25) is 10.0 Å². The number of fused-ring (bicyclic) bond motifs is 1. The first-order chi connectivity index (χ1) is 16.0. The molecular formula is C25H30N2O4S2. The Balaban J connectivity index is 1.23. The fraction of sp³-hybridized carbons (Fsp3) is 0.480. The number of carbonyl (C=O) groups is 1. The molecule has 0 bridgehead atoms. The molecule has 2 aromatic rings. The van der Waals surface area contributed by atoms with Gasteiger partial charge in [0, 0.05) is 43.4 Å². The van der Waals surface area contributed by atoms with Crippen LogP contribution < -0.4 is 0 Å². The number of amides is 1. The molecule has 3 aliphatic rings. The molecular weight excluding hydrogens is 456 g/mol. The molecule has 6 nitrogen and oxygen atoms in total. The van der Waals surface area contributed by atoms with Crippen molar-refractivity contribution in [2.45, 2.75) is 48.0 Å². The highest BCUT2D eigenvalue weighted by Gasteiger charge is 2.31. The Bertz CT molecular complexity index is 1120. The van der Waals surface area contributed by atoms with Gasteiger partial charge in [-0.05, 0) is 67.5 Å². The summed E-state index contributed by atoms with van der Waals surface area (Å²) in [6.07, 6.45) is 5.50. The Morgan fingerprint density at radius 3 is 2.58 bits per heavy atom. The number of piperazine rings is 1. The van der Waals surface area contributed by atoms with Crippen molar-refractivity contribution in [2.75, 3.05) is 38.5 Å². The van der Waals surface area contributed by atoms with Crippen LogP contribution in [0.3, 0.4) is 0 Å². The second-order valence-electron chi connectivity index (χ2n) is 8.92. The van der Waals surface area contributed by atoms with E-state index in [1.807, 2.05) is 36.4 Å². The van der Waals surface area contributed by atoms with Crippen molar-refractivity contribution in [1.82, 2.24) is 9.21 Å². The zero-order valence-corrected chi connectivity index (χ0v) is 20.4. The summed E-state index contributed by atoms with van der Waals surface area (Å²) in [5.74, 6) is 0.817. The summed E-state index contributed by atoms with van der Waals surface area (Å²) in [5.41, 5.74) is 3.11. The molecule has 2 fully saturated rings. The van der Waals surface area contributed by atoms with Crippen molar-refractivity contribution in [1.29, 1.82) is 0 Å². The summed E-state index contributed by atoms with van der Waals surface area (Å²) in [5, 5.41) is 0. The van der Waals surface area contributed by atoms with Crippen LogP contribution >= 0.6 is 11.8 Å². The lowest BCUT2D eigenvalue weighted by Gasteiger charge is -2.34. The smallest absolute Gasteiger partial charge is 0.255 e. The third-order valence-corrected chi connectivity index (χ3v) is 9.90. The van der Waals surface area contributed by atoms with E-state index < -0.39 is 10.0 Å². The predicted molar refractivity (Wildman–Crippen MR) is 129 cm³/mol. The molecule has 0 saturated carbocycles. The maximum absolute atomic E-state index is 13.3. The van der Waals surface area contributed by atoms with Crippen LogP contribution in [0.4, 0.5) is 0 Å². The van der Waals surface area contributed by atoms with Crippen molar-refractivity contribution >= 4 is 27.7 Å². The van der Waals surface area contributed by atoms with Gasteiger partial charge in [0.15, 0.2) is 0 Å². The van der Waals surface area contributed by atoms with Crippen molar-refractivity contribution in [3.8, 4) is 0 Å². The van der Waals surface area contributed by atoms with Gasteiger partial charge in [0.05, 0.1) is 16.6 Å². The number of thioether (sulfide) groups is 1. The van der Waals surface area contributed by atoms with E-state index in [2.05, 4.69) is 0 Å². The number of hydrogen-bond acceptors (Lipinski definition) is 5. The molecule has 2 heterocycles. The van der Waals surface area contributed by atoms with Crippen LogP contribution in [0.15, 0.2) is 52.3 Å². The summed E-state index contributed by atoms with van der Waals surface area (Å²) in [6.45, 7) is 2.25. The highest BCUT2D eigenvalue weighted by Crippen LogP contribution is 2.29. The van der Waals surface area contributed by atoms with E-state index in [4.69, 9.17) is 4.74 Å². The average Bonchev–Trinajstić information content (AvgIpc) is 3.54. The van der Waals surface area contributed by atoms with Crippen molar-refractivity contribution in [3.63, 3.8) is 0 Å². The zero-order valence-electron chi connectivity index (χ0n) is 18.7. The molecule has 33 heavy (non-hydrogen) atoms. The Morgan fingerprint density at radius 2 is 1.79 bits per heavy atom. The molecule has 0 aromatic heterocycles. The minimum atomic E-state index is -3.55. The second-order valence-corrected chi connectivity index (χ2v) is 11.9. The van der Waals surface area contributed by atoms with Crippen LogP contribution in [-0.2, 0) is 27.6 Å². The van der Waals surface area contributed by atoms with E-state index in [1.54, 1.807) is 22.7 Å². The lowest BCUT2D eigenvalue weighted by atomic mass is 10.1. The minimum Gasteiger partial charge on any atom is -0.377 e. The van der Waals surface area contributed by atoms with Crippen LogP contribution in [0, 0.1) is 0 Å². The molecule has 2 saturated heterocycles. The first-order valence-electron chi connectivity index (χ1n) is 11.8. The quantitative estimate of drug-likeness (QED) is 0.584. The molecule has 2 aromatic carbocycles. The van der Waals surface area contributed by atoms with Crippen LogP contribution in [0.2, 0.25) is 0 Å². The van der Waals surface area contributed by atoms with Gasteiger partial charge in [0.25, 0.3) is 5.91 Å². The maximum atomic E-state index is 13.3. The van der Waals surface area contributed by atoms with Crippen molar-refractivity contribution in [3.05, 3.63) is 59.2 Å². The number of sulfonamides is 1. The third-order valence-electron chi connectivity index (χ3n) is 6.80. The molecule has 176 valence electrons. The monoisotopic (exact) mass is 486 g/mol. The maximum Gasteiger partial charge on any atom is 0.255 e. The Kier molecular flexibility index (Phi) is 6.79. The van der Waals surface area contributed by atoms with Gasteiger partial charge in [-0.15, -0.1) is 11.8 Å². The van der Waals surface area contributed by atoms with Gasteiger partial charge < -0.3 is 9.64 Å². The molecule has 5 rings (SSSR count). The van der Waals surface area contributed by atoms with Gasteiger partial charge in [-0.2, -0.15) is 4.31 Å². The molecule has 1 amide bonds. The summed E-state index contributed by atoms with van der Waals surface area (Å²) in [4.78, 5) is 16.4. The number of carbonyl (C=O) groups excluding carboxylic acids is 1. The topological polar surface area (TPSA) is 66.9 Å². The fourth-order valence-electron chi connectivity index (χ4n) is 4.89. The molecule has 8 heteroatoms. The summed E-state index contributed by atoms with van der Waals surface area (Å²) in [6, 6.07) is 13.2. The van der Waals surface area contributed by atoms with Crippen LogP contribution in [0.5, 0.6) is 0 Å².